The summed E-state index contributed by atoms with van der Waals surface area (Å²) in [6.07, 6.45) is 3.49. The molecule has 25 heavy (non-hydrogen) atoms. The molecule has 0 aliphatic rings. The van der Waals surface area contributed by atoms with Crippen molar-refractivity contribution in [3.8, 4) is 16.9 Å². The van der Waals surface area contributed by atoms with E-state index in [-0.39, 0.29) is 5.56 Å². The van der Waals surface area contributed by atoms with Gasteiger partial charge in [0.15, 0.2) is 5.65 Å². The highest BCUT2D eigenvalue weighted by Crippen LogP contribution is 2.28. The number of nitrogens with zero attached hydrogens (tertiary/aromatic N) is 3. The van der Waals surface area contributed by atoms with Crippen LogP contribution < -0.4 is 10.3 Å². The number of pyridine rings is 2. The van der Waals surface area contributed by atoms with Gasteiger partial charge in [0, 0.05) is 23.7 Å². The van der Waals surface area contributed by atoms with Crippen molar-refractivity contribution in [2.45, 2.75) is 20.4 Å². The first kappa shape index (κ1) is 15.4. The number of H-pyrrole nitrogens is 1. The van der Waals surface area contributed by atoms with Gasteiger partial charge in [-0.25, -0.2) is 4.98 Å². The lowest BCUT2D eigenvalue weighted by Gasteiger charge is -2.13. The average molecular weight is 334 g/mol. The van der Waals surface area contributed by atoms with Crippen LogP contribution in [-0.4, -0.2) is 26.9 Å². The van der Waals surface area contributed by atoms with Gasteiger partial charge in [-0.15, -0.1) is 0 Å². The van der Waals surface area contributed by atoms with Crippen LogP contribution in [0.2, 0.25) is 0 Å². The van der Waals surface area contributed by atoms with Crippen LogP contribution in [0.15, 0.2) is 41.5 Å². The minimum atomic E-state index is -0.0312. The van der Waals surface area contributed by atoms with E-state index in [0.29, 0.717) is 17.8 Å². The predicted octanol–water partition coefficient (Wildman–Crippen LogP) is 3.28. The van der Waals surface area contributed by atoms with Crippen LogP contribution in [0, 0.1) is 6.92 Å². The lowest BCUT2D eigenvalue weighted by atomic mass is 10.0. The van der Waals surface area contributed by atoms with Crippen molar-refractivity contribution in [2.24, 2.45) is 0 Å². The van der Waals surface area contributed by atoms with Gasteiger partial charge >= 0.3 is 0 Å². The number of ether oxygens (including phenoxy) is 1. The van der Waals surface area contributed by atoms with Gasteiger partial charge in [0.05, 0.1) is 24.2 Å². The Morgan fingerprint density at radius 1 is 1.20 bits per heavy atom. The molecule has 0 saturated carbocycles. The van der Waals surface area contributed by atoms with Crippen molar-refractivity contribution in [1.82, 2.24) is 19.7 Å². The lowest BCUT2D eigenvalue weighted by Crippen LogP contribution is -2.21. The highest BCUT2D eigenvalue weighted by atomic mass is 16.5. The molecule has 1 aromatic carbocycles. The topological polar surface area (TPSA) is 72.8 Å². The second-order valence-corrected chi connectivity index (χ2v) is 6.04. The summed E-state index contributed by atoms with van der Waals surface area (Å²) in [5.74, 6) is 0.737. The van der Waals surface area contributed by atoms with E-state index in [1.54, 1.807) is 24.1 Å². The number of aromatic nitrogens is 4. The maximum Gasteiger partial charge on any atom is 0.258 e. The zero-order valence-corrected chi connectivity index (χ0v) is 14.3. The number of hydrogen-bond acceptors (Lipinski definition) is 4. The van der Waals surface area contributed by atoms with Gasteiger partial charge in [0.2, 0.25) is 0 Å². The molecule has 0 spiro atoms. The Morgan fingerprint density at radius 2 is 2.04 bits per heavy atom. The standard InChI is InChI=1S/C19H18N4O2/c1-4-23-17-13(9-20-18-16(17)10-21-22-18)8-15(19(23)24)12-5-11(2)6-14(7-12)25-3/h5-10H,4H2,1-3H3,(H,20,21,22). The van der Waals surface area contributed by atoms with E-state index >= 15 is 0 Å². The molecular weight excluding hydrogens is 316 g/mol. The summed E-state index contributed by atoms with van der Waals surface area (Å²) >= 11 is 0. The number of fused-ring (bicyclic) bond motifs is 3. The summed E-state index contributed by atoms with van der Waals surface area (Å²) in [7, 11) is 1.63. The molecule has 0 bridgehead atoms. The van der Waals surface area contributed by atoms with Gasteiger partial charge in [0.25, 0.3) is 5.56 Å². The largest absolute Gasteiger partial charge is 0.497 e. The van der Waals surface area contributed by atoms with E-state index in [2.05, 4.69) is 15.2 Å². The molecule has 6 heteroatoms. The molecule has 6 nitrogen and oxygen atoms in total. The third-order valence-electron chi connectivity index (χ3n) is 4.44. The molecule has 126 valence electrons. The minimum absolute atomic E-state index is 0.0312. The molecule has 0 fully saturated rings. The maximum absolute atomic E-state index is 13.2. The third-order valence-corrected chi connectivity index (χ3v) is 4.44. The van der Waals surface area contributed by atoms with Crippen LogP contribution >= 0.6 is 0 Å². The minimum Gasteiger partial charge on any atom is -0.497 e. The van der Waals surface area contributed by atoms with Crippen molar-refractivity contribution in [3.63, 3.8) is 0 Å². The van der Waals surface area contributed by atoms with Gasteiger partial charge in [-0.3, -0.25) is 9.89 Å². The molecule has 3 heterocycles. The second-order valence-electron chi connectivity index (χ2n) is 6.04. The second kappa shape index (κ2) is 5.73. The Balaban J connectivity index is 2.09. The molecular formula is C19H18N4O2. The summed E-state index contributed by atoms with van der Waals surface area (Å²) in [5.41, 5.74) is 4.03. The molecule has 0 saturated heterocycles. The Labute approximate surface area is 144 Å². The van der Waals surface area contributed by atoms with Crippen molar-refractivity contribution in [1.29, 1.82) is 0 Å². The van der Waals surface area contributed by atoms with E-state index in [1.165, 1.54) is 0 Å². The predicted molar refractivity (Wildman–Crippen MR) is 98.1 cm³/mol. The Bertz CT molecular complexity index is 1160. The smallest absolute Gasteiger partial charge is 0.258 e. The van der Waals surface area contributed by atoms with Crippen LogP contribution in [-0.2, 0) is 6.54 Å². The average Bonchev–Trinajstić information content (AvgIpc) is 3.09. The van der Waals surface area contributed by atoms with Crippen molar-refractivity contribution < 1.29 is 4.74 Å². The Morgan fingerprint density at radius 3 is 2.80 bits per heavy atom. The van der Waals surface area contributed by atoms with Crippen LogP contribution in [0.4, 0.5) is 0 Å². The summed E-state index contributed by atoms with van der Waals surface area (Å²) in [5, 5.41) is 8.67. The number of methoxy groups -OCH3 is 1. The van der Waals surface area contributed by atoms with E-state index in [4.69, 9.17) is 4.74 Å². The number of benzene rings is 1. The van der Waals surface area contributed by atoms with Crippen LogP contribution in [0.1, 0.15) is 12.5 Å². The summed E-state index contributed by atoms with van der Waals surface area (Å²) in [4.78, 5) is 17.6. The van der Waals surface area contributed by atoms with E-state index in [0.717, 1.165) is 33.2 Å². The highest BCUT2D eigenvalue weighted by molar-refractivity contribution is 6.02. The summed E-state index contributed by atoms with van der Waals surface area (Å²) < 4.78 is 7.13. The first-order chi connectivity index (χ1) is 12.1. The molecule has 0 unspecified atom stereocenters. The summed E-state index contributed by atoms with van der Waals surface area (Å²) in [6.45, 7) is 4.52. The zero-order chi connectivity index (χ0) is 17.6. The van der Waals surface area contributed by atoms with Crippen molar-refractivity contribution in [2.75, 3.05) is 7.11 Å². The number of rotatable bonds is 3. The molecule has 0 radical (unpaired) electrons. The van der Waals surface area contributed by atoms with Crippen LogP contribution in [0.3, 0.4) is 0 Å². The zero-order valence-electron chi connectivity index (χ0n) is 14.3. The van der Waals surface area contributed by atoms with Gasteiger partial charge in [-0.05, 0) is 43.2 Å². The van der Waals surface area contributed by atoms with Gasteiger partial charge in [-0.1, -0.05) is 6.07 Å². The van der Waals surface area contributed by atoms with E-state index in [9.17, 15) is 4.79 Å². The number of aromatic amines is 1. The van der Waals surface area contributed by atoms with Gasteiger partial charge < -0.3 is 9.30 Å². The maximum atomic E-state index is 13.2. The molecule has 0 aliphatic carbocycles. The number of aryl methyl sites for hydroxylation is 2. The fraction of sp³-hybridized carbons (Fsp3) is 0.211. The molecule has 0 atom stereocenters. The monoisotopic (exact) mass is 334 g/mol. The Kier molecular flexibility index (Phi) is 3.53. The number of nitrogens with one attached hydrogen (secondary N) is 1. The lowest BCUT2D eigenvalue weighted by molar-refractivity contribution is 0.414. The molecule has 4 aromatic rings. The fourth-order valence-corrected chi connectivity index (χ4v) is 3.30. The molecule has 1 N–H and O–H groups in total. The molecule has 4 rings (SSSR count). The van der Waals surface area contributed by atoms with Gasteiger partial charge in [-0.2, -0.15) is 5.10 Å². The highest BCUT2D eigenvalue weighted by Gasteiger charge is 2.15. The van der Waals surface area contributed by atoms with E-state index < -0.39 is 0 Å². The number of hydrogen-bond donors (Lipinski definition) is 1. The third kappa shape index (κ3) is 2.38. The molecule has 0 aliphatic heterocycles. The van der Waals surface area contributed by atoms with Crippen molar-refractivity contribution in [3.05, 3.63) is 52.6 Å². The fourth-order valence-electron chi connectivity index (χ4n) is 3.30. The molecule has 0 amide bonds. The Hall–Kier alpha value is -3.15. The van der Waals surface area contributed by atoms with Gasteiger partial charge in [0.1, 0.15) is 5.75 Å². The van der Waals surface area contributed by atoms with Crippen LogP contribution in [0.5, 0.6) is 5.75 Å². The van der Waals surface area contributed by atoms with Crippen LogP contribution in [0.25, 0.3) is 33.1 Å². The summed E-state index contributed by atoms with van der Waals surface area (Å²) in [6, 6.07) is 7.73. The normalized spacial score (nSPS) is 11.3. The first-order valence-corrected chi connectivity index (χ1v) is 8.14. The quantitative estimate of drug-likeness (QED) is 0.624. The van der Waals surface area contributed by atoms with E-state index in [1.807, 2.05) is 38.1 Å². The SMILES string of the molecule is CCn1c(=O)c(-c2cc(C)cc(OC)c2)cc2cnc3[nH]ncc3c21. The first-order valence-electron chi connectivity index (χ1n) is 8.14. The molecule has 3 aromatic heterocycles. The van der Waals surface area contributed by atoms with Crippen molar-refractivity contribution >= 4 is 21.9 Å².